The molecule has 1 aromatic heterocycles. The number of hydrogen-bond donors (Lipinski definition) is 0. The van der Waals surface area contributed by atoms with Gasteiger partial charge in [-0.15, -0.1) is 0 Å². The molecule has 0 amide bonds. The molecule has 1 aliphatic heterocycles. The van der Waals surface area contributed by atoms with Gasteiger partial charge >= 0.3 is 6.18 Å². The lowest BCUT2D eigenvalue weighted by Gasteiger charge is -2.30. The normalized spacial score (nSPS) is 18.7. The molecule has 24 heavy (non-hydrogen) atoms. The zero-order chi connectivity index (χ0) is 17.3. The van der Waals surface area contributed by atoms with Gasteiger partial charge in [-0.05, 0) is 37.5 Å². The summed E-state index contributed by atoms with van der Waals surface area (Å²) in [7, 11) is 0. The molecule has 3 nitrogen and oxygen atoms in total. The number of aromatic nitrogens is 2. The molecule has 1 fully saturated rings. The lowest BCUT2D eigenvalue weighted by Crippen LogP contribution is -2.36. The third kappa shape index (κ3) is 3.49. The van der Waals surface area contributed by atoms with Gasteiger partial charge in [0.05, 0.1) is 17.8 Å². The molecule has 2 heterocycles. The van der Waals surface area contributed by atoms with E-state index in [4.69, 9.17) is 0 Å². The Kier molecular flexibility index (Phi) is 4.43. The quantitative estimate of drug-likeness (QED) is 0.759. The molecular weight excluding hydrogens is 322 g/mol. The second-order valence-corrected chi connectivity index (χ2v) is 5.97. The van der Waals surface area contributed by atoms with E-state index in [0.717, 1.165) is 12.5 Å². The van der Waals surface area contributed by atoms with E-state index in [0.29, 0.717) is 30.0 Å². The van der Waals surface area contributed by atoms with Crippen molar-refractivity contribution in [3.05, 3.63) is 41.7 Å². The maximum absolute atomic E-state index is 13.6. The van der Waals surface area contributed by atoms with E-state index >= 15 is 0 Å². The zero-order valence-corrected chi connectivity index (χ0v) is 13.1. The van der Waals surface area contributed by atoms with Crippen LogP contribution in [0.2, 0.25) is 0 Å². The standard InChI is InChI=1S/C17H17F4N3/c1-11-7-12(4-5-14(11)17(19,20)21)15-8-16(23-10-22-15)24-6-2-3-13(18)9-24/h4-5,7-8,10,13H,2-3,6,9H2,1H3/t13-/m1/s1. The summed E-state index contributed by atoms with van der Waals surface area (Å²) >= 11 is 0. The first-order valence-corrected chi connectivity index (χ1v) is 7.74. The molecule has 1 aromatic carbocycles. The Morgan fingerprint density at radius 2 is 1.96 bits per heavy atom. The first kappa shape index (κ1) is 16.7. The highest BCUT2D eigenvalue weighted by Gasteiger charge is 2.32. The van der Waals surface area contributed by atoms with Crippen LogP contribution in [-0.2, 0) is 6.18 Å². The van der Waals surface area contributed by atoms with E-state index in [2.05, 4.69) is 9.97 Å². The Hall–Kier alpha value is -2.18. The number of piperidine rings is 1. The van der Waals surface area contributed by atoms with Crippen LogP contribution in [0.5, 0.6) is 0 Å². The SMILES string of the molecule is Cc1cc(-c2cc(N3CCC[C@@H](F)C3)ncn2)ccc1C(F)(F)F. The summed E-state index contributed by atoms with van der Waals surface area (Å²) in [4.78, 5) is 10.2. The van der Waals surface area contributed by atoms with Gasteiger partial charge in [0, 0.05) is 18.2 Å². The van der Waals surface area contributed by atoms with Crippen LogP contribution in [-0.4, -0.2) is 29.2 Å². The predicted octanol–water partition coefficient (Wildman–Crippen LogP) is 4.41. The monoisotopic (exact) mass is 339 g/mol. The highest BCUT2D eigenvalue weighted by atomic mass is 19.4. The van der Waals surface area contributed by atoms with E-state index in [1.54, 1.807) is 6.07 Å². The number of aryl methyl sites for hydroxylation is 1. The number of nitrogens with zero attached hydrogens (tertiary/aromatic N) is 3. The van der Waals surface area contributed by atoms with Crippen molar-refractivity contribution in [2.45, 2.75) is 32.1 Å². The molecule has 0 radical (unpaired) electrons. The molecule has 1 atom stereocenters. The van der Waals surface area contributed by atoms with Crippen molar-refractivity contribution < 1.29 is 17.6 Å². The van der Waals surface area contributed by atoms with Crippen LogP contribution in [0.15, 0.2) is 30.6 Å². The van der Waals surface area contributed by atoms with Gasteiger partial charge in [0.1, 0.15) is 18.3 Å². The Morgan fingerprint density at radius 1 is 1.17 bits per heavy atom. The molecule has 0 saturated carbocycles. The van der Waals surface area contributed by atoms with Gasteiger partial charge in [0.25, 0.3) is 0 Å². The lowest BCUT2D eigenvalue weighted by molar-refractivity contribution is -0.138. The number of alkyl halides is 4. The van der Waals surface area contributed by atoms with Crippen molar-refractivity contribution in [2.75, 3.05) is 18.0 Å². The summed E-state index contributed by atoms with van der Waals surface area (Å²) in [6.07, 6.45) is -2.60. The minimum absolute atomic E-state index is 0.141. The Labute approximate surface area is 137 Å². The van der Waals surface area contributed by atoms with Gasteiger partial charge in [-0.2, -0.15) is 13.2 Å². The smallest absolute Gasteiger partial charge is 0.354 e. The van der Waals surface area contributed by atoms with Gasteiger partial charge < -0.3 is 4.90 Å². The van der Waals surface area contributed by atoms with Crippen molar-refractivity contribution in [3.8, 4) is 11.3 Å². The average molecular weight is 339 g/mol. The van der Waals surface area contributed by atoms with Crippen molar-refractivity contribution in [1.29, 1.82) is 0 Å². The summed E-state index contributed by atoms with van der Waals surface area (Å²) in [5, 5.41) is 0. The van der Waals surface area contributed by atoms with E-state index < -0.39 is 17.9 Å². The molecule has 0 aliphatic carbocycles. The summed E-state index contributed by atoms with van der Waals surface area (Å²) in [6.45, 7) is 2.41. The third-order valence-corrected chi connectivity index (χ3v) is 4.17. The van der Waals surface area contributed by atoms with Crippen LogP contribution >= 0.6 is 0 Å². The second-order valence-electron chi connectivity index (χ2n) is 5.97. The van der Waals surface area contributed by atoms with Crippen molar-refractivity contribution in [1.82, 2.24) is 9.97 Å². The molecule has 128 valence electrons. The largest absolute Gasteiger partial charge is 0.416 e. The highest BCUT2D eigenvalue weighted by Crippen LogP contribution is 2.34. The molecule has 0 N–H and O–H groups in total. The molecule has 1 aliphatic rings. The predicted molar refractivity (Wildman–Crippen MR) is 83.6 cm³/mol. The first-order chi connectivity index (χ1) is 11.3. The Balaban J connectivity index is 1.90. The van der Waals surface area contributed by atoms with Crippen molar-refractivity contribution >= 4 is 5.82 Å². The van der Waals surface area contributed by atoms with E-state index in [-0.39, 0.29) is 12.1 Å². The van der Waals surface area contributed by atoms with Crippen molar-refractivity contribution in [2.24, 2.45) is 0 Å². The van der Waals surface area contributed by atoms with Gasteiger partial charge in [-0.25, -0.2) is 14.4 Å². The van der Waals surface area contributed by atoms with Gasteiger partial charge in [0.15, 0.2) is 0 Å². The number of rotatable bonds is 2. The lowest BCUT2D eigenvalue weighted by atomic mass is 10.0. The maximum Gasteiger partial charge on any atom is 0.416 e. The molecule has 0 spiro atoms. The molecule has 3 rings (SSSR count). The fraction of sp³-hybridized carbons (Fsp3) is 0.412. The summed E-state index contributed by atoms with van der Waals surface area (Å²) in [6, 6.07) is 5.62. The van der Waals surface area contributed by atoms with E-state index in [9.17, 15) is 17.6 Å². The van der Waals surface area contributed by atoms with Crippen LogP contribution in [0.3, 0.4) is 0 Å². The molecular formula is C17H17F4N3. The van der Waals surface area contributed by atoms with E-state index in [1.165, 1.54) is 25.4 Å². The topological polar surface area (TPSA) is 29.0 Å². The summed E-state index contributed by atoms with van der Waals surface area (Å²) < 4.78 is 52.1. The number of hydrogen-bond acceptors (Lipinski definition) is 3. The van der Waals surface area contributed by atoms with E-state index in [1.807, 2.05) is 4.90 Å². The summed E-state index contributed by atoms with van der Waals surface area (Å²) in [5.74, 6) is 0.597. The van der Waals surface area contributed by atoms with Crippen molar-refractivity contribution in [3.63, 3.8) is 0 Å². The fourth-order valence-corrected chi connectivity index (χ4v) is 2.95. The Morgan fingerprint density at radius 3 is 2.62 bits per heavy atom. The van der Waals surface area contributed by atoms with Crippen LogP contribution in [0.25, 0.3) is 11.3 Å². The van der Waals surface area contributed by atoms with Crippen LogP contribution in [0.1, 0.15) is 24.0 Å². The van der Waals surface area contributed by atoms with Crippen LogP contribution in [0, 0.1) is 6.92 Å². The number of anilines is 1. The molecule has 2 aromatic rings. The third-order valence-electron chi connectivity index (χ3n) is 4.17. The molecule has 0 bridgehead atoms. The average Bonchev–Trinajstić information content (AvgIpc) is 2.54. The molecule has 7 heteroatoms. The second kappa shape index (κ2) is 6.37. The first-order valence-electron chi connectivity index (χ1n) is 7.74. The van der Waals surface area contributed by atoms with Crippen LogP contribution < -0.4 is 4.90 Å². The zero-order valence-electron chi connectivity index (χ0n) is 13.1. The maximum atomic E-state index is 13.6. The van der Waals surface area contributed by atoms with Gasteiger partial charge in [-0.3, -0.25) is 0 Å². The highest BCUT2D eigenvalue weighted by molar-refractivity contribution is 5.64. The number of halogens is 4. The Bertz CT molecular complexity index is 730. The molecule has 0 unspecified atom stereocenters. The minimum Gasteiger partial charge on any atom is -0.354 e. The van der Waals surface area contributed by atoms with Crippen LogP contribution in [0.4, 0.5) is 23.4 Å². The van der Waals surface area contributed by atoms with Gasteiger partial charge in [-0.1, -0.05) is 6.07 Å². The number of benzene rings is 1. The minimum atomic E-state index is -4.37. The molecule has 1 saturated heterocycles. The van der Waals surface area contributed by atoms with Gasteiger partial charge in [0.2, 0.25) is 0 Å². The summed E-state index contributed by atoms with van der Waals surface area (Å²) in [5.41, 5.74) is 0.592. The fourth-order valence-electron chi connectivity index (χ4n) is 2.95.